The van der Waals surface area contributed by atoms with E-state index in [2.05, 4.69) is 4.74 Å². The normalized spacial score (nSPS) is 14.6. The van der Waals surface area contributed by atoms with Crippen molar-refractivity contribution in [1.82, 2.24) is 0 Å². The molecule has 31 heavy (non-hydrogen) atoms. The highest BCUT2D eigenvalue weighted by atomic mass is 19.4. The number of hydrogen-bond donors (Lipinski definition) is 0. The minimum absolute atomic E-state index is 0.651. The molecule has 0 saturated carbocycles. The molecular formula is C14H11F15O2. The van der Waals surface area contributed by atoms with Gasteiger partial charge in [-0.1, -0.05) is 13.8 Å². The van der Waals surface area contributed by atoms with Gasteiger partial charge in [0.25, 0.3) is 6.08 Å². The molecule has 0 aromatic rings. The Labute approximate surface area is 163 Å². The highest BCUT2D eigenvalue weighted by molar-refractivity contribution is 5.88. The van der Waals surface area contributed by atoms with Crippen LogP contribution >= 0.6 is 0 Å². The van der Waals surface area contributed by atoms with Gasteiger partial charge < -0.3 is 4.74 Å². The summed E-state index contributed by atoms with van der Waals surface area (Å²) in [5, 5.41) is 0. The monoisotopic (exact) mass is 496 g/mol. The smallest absolute Gasteiger partial charge is 0.460 e. The first-order valence-electron chi connectivity index (χ1n) is 7.55. The third-order valence-corrected chi connectivity index (χ3v) is 3.42. The molecule has 0 aliphatic carbocycles. The van der Waals surface area contributed by atoms with Crippen molar-refractivity contribution in [2.24, 2.45) is 5.92 Å². The van der Waals surface area contributed by atoms with Crippen molar-refractivity contribution in [3.05, 3.63) is 11.7 Å². The molecule has 0 bridgehead atoms. The van der Waals surface area contributed by atoms with Gasteiger partial charge in [-0.2, -0.15) is 65.9 Å². The molecule has 0 fully saturated rings. The minimum atomic E-state index is -8.17. The SMILES string of the molecule is CC(C)COC(=O)C(CC(F)(F)C(F)(F)C(F)(F)C(F)(F)C(F)(F)C(F)(F)F)=C(F)F. The molecule has 0 aromatic heterocycles. The van der Waals surface area contributed by atoms with Gasteiger partial charge in [0, 0.05) is 0 Å². The largest absolute Gasteiger partial charge is 0.462 e. The standard InChI is InChI=1S/C14H11F15O2/c1-5(2)4-31-8(30)6(7(15)16)3-9(17,18)10(19,20)11(21,22)12(23,24)13(25,26)14(27,28)29/h5H,3-4H2,1-2H3. The Morgan fingerprint density at radius 1 is 0.710 bits per heavy atom. The number of hydrogen-bond acceptors (Lipinski definition) is 2. The molecule has 0 aliphatic heterocycles. The molecule has 0 saturated heterocycles. The molecule has 0 amide bonds. The van der Waals surface area contributed by atoms with Crippen LogP contribution in [-0.2, 0) is 9.53 Å². The summed E-state index contributed by atoms with van der Waals surface area (Å²) >= 11 is 0. The Bertz CT molecular complexity index is 686. The van der Waals surface area contributed by atoms with Gasteiger partial charge in [-0.05, 0) is 5.92 Å². The van der Waals surface area contributed by atoms with Crippen molar-refractivity contribution in [3.63, 3.8) is 0 Å². The zero-order chi connectivity index (χ0) is 25.4. The van der Waals surface area contributed by atoms with E-state index in [1.165, 1.54) is 13.8 Å². The molecule has 0 heterocycles. The number of esters is 1. The van der Waals surface area contributed by atoms with Crippen LogP contribution < -0.4 is 0 Å². The fraction of sp³-hybridized carbons (Fsp3) is 0.786. The lowest BCUT2D eigenvalue weighted by Crippen LogP contribution is -2.70. The van der Waals surface area contributed by atoms with E-state index in [1.54, 1.807) is 0 Å². The zero-order valence-electron chi connectivity index (χ0n) is 15.0. The number of carbonyl (C=O) groups excluding carboxylic acids is 1. The second-order valence-electron chi connectivity index (χ2n) is 6.41. The lowest BCUT2D eigenvalue weighted by Gasteiger charge is -2.39. The summed E-state index contributed by atoms with van der Waals surface area (Å²) < 4.78 is 198. The molecule has 0 radical (unpaired) electrons. The fourth-order valence-corrected chi connectivity index (χ4v) is 1.68. The van der Waals surface area contributed by atoms with Gasteiger partial charge >= 0.3 is 41.8 Å². The van der Waals surface area contributed by atoms with Crippen molar-refractivity contribution in [1.29, 1.82) is 0 Å². The Morgan fingerprint density at radius 3 is 1.42 bits per heavy atom. The van der Waals surface area contributed by atoms with Gasteiger partial charge in [-0.3, -0.25) is 0 Å². The zero-order valence-corrected chi connectivity index (χ0v) is 15.0. The molecule has 0 aliphatic rings. The van der Waals surface area contributed by atoms with Gasteiger partial charge in [0.1, 0.15) is 5.57 Å². The third-order valence-electron chi connectivity index (χ3n) is 3.42. The number of alkyl halides is 13. The first-order valence-corrected chi connectivity index (χ1v) is 7.55. The van der Waals surface area contributed by atoms with Crippen molar-refractivity contribution in [2.75, 3.05) is 6.61 Å². The molecule has 0 atom stereocenters. The van der Waals surface area contributed by atoms with Crippen LogP contribution in [0.2, 0.25) is 0 Å². The fourth-order valence-electron chi connectivity index (χ4n) is 1.68. The van der Waals surface area contributed by atoms with Crippen LogP contribution in [-0.4, -0.2) is 48.4 Å². The lowest BCUT2D eigenvalue weighted by molar-refractivity contribution is -0.439. The van der Waals surface area contributed by atoms with Crippen LogP contribution in [0.25, 0.3) is 0 Å². The van der Waals surface area contributed by atoms with Crippen LogP contribution in [0.1, 0.15) is 20.3 Å². The average Bonchev–Trinajstić information content (AvgIpc) is 2.55. The third kappa shape index (κ3) is 5.15. The van der Waals surface area contributed by atoms with Gasteiger partial charge in [0.2, 0.25) is 0 Å². The summed E-state index contributed by atoms with van der Waals surface area (Å²) in [6.07, 6.45) is -14.6. The second-order valence-corrected chi connectivity index (χ2v) is 6.41. The summed E-state index contributed by atoms with van der Waals surface area (Å²) in [5.41, 5.74) is -2.72. The lowest BCUT2D eigenvalue weighted by atomic mass is 9.91. The Hall–Kier alpha value is -1.84. The Balaban J connectivity index is 6.27. The topological polar surface area (TPSA) is 26.3 Å². The number of ether oxygens (including phenoxy) is 1. The van der Waals surface area contributed by atoms with Gasteiger partial charge in [-0.15, -0.1) is 0 Å². The molecular weight excluding hydrogens is 485 g/mol. The van der Waals surface area contributed by atoms with Crippen molar-refractivity contribution in [2.45, 2.75) is 56.1 Å². The van der Waals surface area contributed by atoms with Crippen LogP contribution in [0.15, 0.2) is 11.7 Å². The predicted octanol–water partition coefficient (Wildman–Crippen LogP) is 6.47. The maximum absolute atomic E-state index is 13.6. The number of halogens is 15. The second kappa shape index (κ2) is 8.60. The molecule has 0 rings (SSSR count). The van der Waals surface area contributed by atoms with Crippen LogP contribution in [0.5, 0.6) is 0 Å². The summed E-state index contributed by atoms with van der Waals surface area (Å²) in [5.74, 6) is -42.0. The van der Waals surface area contributed by atoms with E-state index in [0.29, 0.717) is 0 Å². The van der Waals surface area contributed by atoms with E-state index in [9.17, 15) is 70.7 Å². The van der Waals surface area contributed by atoms with Gasteiger partial charge in [0.15, 0.2) is 0 Å². The van der Waals surface area contributed by atoms with E-state index in [-0.39, 0.29) is 0 Å². The Kier molecular flexibility index (Phi) is 8.09. The van der Waals surface area contributed by atoms with E-state index in [0.717, 1.165) is 0 Å². The summed E-state index contributed by atoms with van der Waals surface area (Å²) in [6.45, 7) is 1.76. The van der Waals surface area contributed by atoms with Crippen molar-refractivity contribution in [3.8, 4) is 0 Å². The van der Waals surface area contributed by atoms with E-state index in [4.69, 9.17) is 0 Å². The van der Waals surface area contributed by atoms with Crippen molar-refractivity contribution >= 4 is 5.97 Å². The van der Waals surface area contributed by atoms with Crippen molar-refractivity contribution < 1.29 is 75.4 Å². The summed E-state index contributed by atoms with van der Waals surface area (Å²) in [6, 6.07) is 0. The Morgan fingerprint density at radius 2 is 1.10 bits per heavy atom. The number of carbonyl (C=O) groups is 1. The molecule has 2 nitrogen and oxygen atoms in total. The maximum atomic E-state index is 13.6. The molecule has 0 spiro atoms. The van der Waals surface area contributed by atoms with Gasteiger partial charge in [0.05, 0.1) is 13.0 Å². The van der Waals surface area contributed by atoms with E-state index in [1.807, 2.05) is 0 Å². The highest BCUT2D eigenvalue weighted by Crippen LogP contribution is 2.61. The highest BCUT2D eigenvalue weighted by Gasteiger charge is 2.90. The van der Waals surface area contributed by atoms with E-state index < -0.39 is 72.4 Å². The molecule has 0 N–H and O–H groups in total. The molecule has 184 valence electrons. The minimum Gasteiger partial charge on any atom is -0.462 e. The molecule has 0 unspecified atom stereocenters. The molecule has 0 aromatic carbocycles. The first kappa shape index (κ1) is 29.2. The van der Waals surface area contributed by atoms with E-state index >= 15 is 0 Å². The maximum Gasteiger partial charge on any atom is 0.460 e. The van der Waals surface area contributed by atoms with Crippen LogP contribution in [0, 0.1) is 5.92 Å². The predicted molar refractivity (Wildman–Crippen MR) is 70.4 cm³/mol. The molecule has 17 heteroatoms. The van der Waals surface area contributed by atoms with Gasteiger partial charge in [-0.25, -0.2) is 4.79 Å². The quantitative estimate of drug-likeness (QED) is 0.208. The summed E-state index contributed by atoms with van der Waals surface area (Å²) in [7, 11) is 0. The first-order chi connectivity index (χ1) is 13.4. The van der Waals surface area contributed by atoms with Crippen LogP contribution in [0.4, 0.5) is 65.9 Å². The van der Waals surface area contributed by atoms with Crippen LogP contribution in [0.3, 0.4) is 0 Å². The summed E-state index contributed by atoms with van der Waals surface area (Å²) in [4.78, 5) is 11.3. The number of rotatable bonds is 9. The average molecular weight is 496 g/mol.